The van der Waals surface area contributed by atoms with Gasteiger partial charge in [-0.15, -0.1) is 11.8 Å². The topological polar surface area (TPSA) is 29.1 Å². The molecule has 0 bridgehead atoms. The van der Waals surface area contributed by atoms with Crippen LogP contribution in [0, 0.1) is 6.92 Å². The lowest BCUT2D eigenvalue weighted by Crippen LogP contribution is -2.28. The van der Waals surface area contributed by atoms with Crippen molar-refractivity contribution < 1.29 is 4.79 Å². The van der Waals surface area contributed by atoms with Gasteiger partial charge >= 0.3 is 0 Å². The molecular formula is C18H21NOS. The molecule has 2 nitrogen and oxygen atoms in total. The van der Waals surface area contributed by atoms with Gasteiger partial charge in [-0.25, -0.2) is 0 Å². The van der Waals surface area contributed by atoms with Crippen LogP contribution in [0.5, 0.6) is 0 Å². The van der Waals surface area contributed by atoms with Crippen LogP contribution in [0.15, 0.2) is 54.6 Å². The maximum absolute atomic E-state index is 11.9. The molecule has 0 aliphatic heterocycles. The summed E-state index contributed by atoms with van der Waals surface area (Å²) in [6.07, 6.45) is 0. The molecule has 1 amide bonds. The lowest BCUT2D eigenvalue weighted by molar-refractivity contribution is -0.119. The van der Waals surface area contributed by atoms with Gasteiger partial charge in [-0.05, 0) is 25.0 Å². The van der Waals surface area contributed by atoms with Crippen LogP contribution in [0.4, 0.5) is 0 Å². The lowest BCUT2D eigenvalue weighted by atomic mass is 10.1. The number of hydrogen-bond acceptors (Lipinski definition) is 2. The number of carbonyl (C=O) groups is 1. The highest BCUT2D eigenvalue weighted by atomic mass is 32.2. The minimum atomic E-state index is 0.0543. The summed E-state index contributed by atoms with van der Waals surface area (Å²) in [5.74, 6) is 1.45. The van der Waals surface area contributed by atoms with Gasteiger partial charge < -0.3 is 5.32 Å². The first-order valence-electron chi connectivity index (χ1n) is 7.13. The zero-order valence-electron chi connectivity index (χ0n) is 12.5. The van der Waals surface area contributed by atoms with Gasteiger partial charge in [-0.3, -0.25) is 4.79 Å². The van der Waals surface area contributed by atoms with Crippen LogP contribution < -0.4 is 5.32 Å². The predicted octanol–water partition coefficient (Wildman–Crippen LogP) is 4.11. The Kier molecular flexibility index (Phi) is 5.88. The molecule has 0 aliphatic rings. The normalized spacial score (nSPS) is 11.9. The summed E-state index contributed by atoms with van der Waals surface area (Å²) >= 11 is 1.65. The number of rotatable bonds is 6. The summed E-state index contributed by atoms with van der Waals surface area (Å²) in [4.78, 5) is 11.9. The summed E-state index contributed by atoms with van der Waals surface area (Å²) in [5, 5.41) is 3.03. The molecule has 0 fully saturated rings. The van der Waals surface area contributed by atoms with Gasteiger partial charge in [0, 0.05) is 5.75 Å². The predicted molar refractivity (Wildman–Crippen MR) is 90.3 cm³/mol. The standard InChI is InChI=1S/C18H21NOS/c1-14-8-10-16(11-9-14)12-21-13-18(20)19-15(2)17-6-4-3-5-7-17/h3-11,15H,12-13H2,1-2H3,(H,19,20). The average molecular weight is 299 g/mol. The third kappa shape index (κ3) is 5.27. The summed E-state index contributed by atoms with van der Waals surface area (Å²) in [6, 6.07) is 18.5. The van der Waals surface area contributed by atoms with Crippen molar-refractivity contribution in [2.75, 3.05) is 5.75 Å². The highest BCUT2D eigenvalue weighted by Gasteiger charge is 2.08. The Balaban J connectivity index is 1.73. The van der Waals surface area contributed by atoms with E-state index in [-0.39, 0.29) is 11.9 Å². The molecule has 0 radical (unpaired) electrons. The molecular weight excluding hydrogens is 278 g/mol. The minimum Gasteiger partial charge on any atom is -0.349 e. The van der Waals surface area contributed by atoms with Gasteiger partial charge in [-0.1, -0.05) is 60.2 Å². The SMILES string of the molecule is Cc1ccc(CSCC(=O)NC(C)c2ccccc2)cc1. The first kappa shape index (κ1) is 15.6. The molecule has 2 aromatic rings. The molecule has 0 heterocycles. The Bertz CT molecular complexity index is 566. The molecule has 1 unspecified atom stereocenters. The molecule has 21 heavy (non-hydrogen) atoms. The second-order valence-electron chi connectivity index (χ2n) is 5.18. The van der Waals surface area contributed by atoms with Crippen LogP contribution in [0.1, 0.15) is 29.7 Å². The quantitative estimate of drug-likeness (QED) is 0.870. The fourth-order valence-corrected chi connectivity index (χ4v) is 2.85. The van der Waals surface area contributed by atoms with E-state index >= 15 is 0 Å². The molecule has 1 atom stereocenters. The summed E-state index contributed by atoms with van der Waals surface area (Å²) in [6.45, 7) is 4.09. The smallest absolute Gasteiger partial charge is 0.230 e. The van der Waals surface area contributed by atoms with Gasteiger partial charge in [-0.2, -0.15) is 0 Å². The zero-order valence-corrected chi connectivity index (χ0v) is 13.3. The number of benzene rings is 2. The van der Waals surface area contributed by atoms with Crippen LogP contribution >= 0.6 is 11.8 Å². The minimum absolute atomic E-state index is 0.0543. The van der Waals surface area contributed by atoms with E-state index in [1.807, 2.05) is 37.3 Å². The van der Waals surface area contributed by atoms with Crippen LogP contribution in [0.25, 0.3) is 0 Å². The molecule has 0 aromatic heterocycles. The third-order valence-electron chi connectivity index (χ3n) is 3.30. The third-order valence-corrected chi connectivity index (χ3v) is 4.30. The molecule has 110 valence electrons. The number of thioether (sulfide) groups is 1. The van der Waals surface area contributed by atoms with Crippen molar-refractivity contribution in [1.82, 2.24) is 5.32 Å². The van der Waals surface area contributed by atoms with Gasteiger partial charge in [0.05, 0.1) is 11.8 Å². The maximum Gasteiger partial charge on any atom is 0.230 e. The first-order chi connectivity index (χ1) is 10.1. The van der Waals surface area contributed by atoms with Gasteiger partial charge in [0.1, 0.15) is 0 Å². The Morgan fingerprint density at radius 3 is 2.43 bits per heavy atom. The van der Waals surface area contributed by atoms with Gasteiger partial charge in [0.15, 0.2) is 0 Å². The summed E-state index contributed by atoms with van der Waals surface area (Å²) in [7, 11) is 0. The second kappa shape index (κ2) is 7.89. The van der Waals surface area contributed by atoms with Crippen LogP contribution in [-0.2, 0) is 10.5 Å². The number of nitrogens with one attached hydrogen (secondary N) is 1. The number of aryl methyl sites for hydroxylation is 1. The molecule has 0 saturated heterocycles. The van der Waals surface area contributed by atoms with Crippen molar-refractivity contribution in [3.8, 4) is 0 Å². The molecule has 3 heteroatoms. The number of amides is 1. The van der Waals surface area contributed by atoms with E-state index in [1.165, 1.54) is 11.1 Å². The van der Waals surface area contributed by atoms with E-state index in [4.69, 9.17) is 0 Å². The first-order valence-corrected chi connectivity index (χ1v) is 8.28. The van der Waals surface area contributed by atoms with E-state index in [1.54, 1.807) is 11.8 Å². The fraction of sp³-hybridized carbons (Fsp3) is 0.278. The van der Waals surface area contributed by atoms with Gasteiger partial charge in [0.2, 0.25) is 5.91 Å². The van der Waals surface area contributed by atoms with Crippen LogP contribution in [0.3, 0.4) is 0 Å². The summed E-state index contributed by atoms with van der Waals surface area (Å²) in [5.41, 5.74) is 3.65. The van der Waals surface area contributed by atoms with Gasteiger partial charge in [0.25, 0.3) is 0 Å². The Morgan fingerprint density at radius 1 is 1.10 bits per heavy atom. The average Bonchev–Trinajstić information content (AvgIpc) is 2.50. The van der Waals surface area contributed by atoms with Crippen molar-refractivity contribution in [3.63, 3.8) is 0 Å². The van der Waals surface area contributed by atoms with E-state index in [0.717, 1.165) is 11.3 Å². The second-order valence-corrected chi connectivity index (χ2v) is 6.16. The number of hydrogen-bond donors (Lipinski definition) is 1. The largest absolute Gasteiger partial charge is 0.349 e. The van der Waals surface area contributed by atoms with E-state index < -0.39 is 0 Å². The Hall–Kier alpha value is -1.74. The highest BCUT2D eigenvalue weighted by molar-refractivity contribution is 7.99. The molecule has 0 aliphatic carbocycles. The molecule has 0 spiro atoms. The molecule has 2 rings (SSSR count). The van der Waals surface area contributed by atoms with E-state index in [9.17, 15) is 4.79 Å². The fourth-order valence-electron chi connectivity index (χ4n) is 2.05. The van der Waals surface area contributed by atoms with Crippen molar-refractivity contribution in [2.24, 2.45) is 0 Å². The molecule has 2 aromatic carbocycles. The summed E-state index contributed by atoms with van der Waals surface area (Å²) < 4.78 is 0. The monoisotopic (exact) mass is 299 g/mol. The molecule has 1 N–H and O–H groups in total. The van der Waals surface area contributed by atoms with Crippen molar-refractivity contribution in [1.29, 1.82) is 0 Å². The zero-order chi connectivity index (χ0) is 15.1. The Labute approximate surface area is 131 Å². The van der Waals surface area contributed by atoms with Crippen LogP contribution in [0.2, 0.25) is 0 Å². The van der Waals surface area contributed by atoms with Crippen molar-refractivity contribution in [3.05, 3.63) is 71.3 Å². The van der Waals surface area contributed by atoms with Crippen LogP contribution in [-0.4, -0.2) is 11.7 Å². The van der Waals surface area contributed by atoms with Crippen molar-refractivity contribution in [2.45, 2.75) is 25.6 Å². The van der Waals surface area contributed by atoms with E-state index in [0.29, 0.717) is 5.75 Å². The Morgan fingerprint density at radius 2 is 1.76 bits per heavy atom. The van der Waals surface area contributed by atoms with Crippen molar-refractivity contribution >= 4 is 17.7 Å². The highest BCUT2D eigenvalue weighted by Crippen LogP contribution is 2.14. The maximum atomic E-state index is 11.9. The number of carbonyl (C=O) groups excluding carboxylic acids is 1. The lowest BCUT2D eigenvalue weighted by Gasteiger charge is -2.14. The molecule has 0 saturated carbocycles. The van der Waals surface area contributed by atoms with E-state index in [2.05, 4.69) is 36.5 Å².